The summed E-state index contributed by atoms with van der Waals surface area (Å²) in [7, 11) is 0. The molecule has 1 saturated heterocycles. The minimum atomic E-state index is -0.846. The summed E-state index contributed by atoms with van der Waals surface area (Å²) in [5, 5.41) is 20.0. The first kappa shape index (κ1) is 43.5. The summed E-state index contributed by atoms with van der Waals surface area (Å²) in [6.07, 6.45) is 9.38. The first-order valence-corrected chi connectivity index (χ1v) is 20.9. The van der Waals surface area contributed by atoms with Crippen molar-refractivity contribution in [3.8, 4) is 40.2 Å². The molecule has 314 valence electrons. The van der Waals surface area contributed by atoms with Crippen molar-refractivity contribution < 1.29 is 28.8 Å². The molecule has 3 heterocycles. The number of rotatable bonds is 17. The third-order valence-corrected chi connectivity index (χ3v) is 11.1. The largest absolute Gasteiger partial charge is 0.488 e. The molecule has 1 fully saturated rings. The Balaban J connectivity index is 1.04. The van der Waals surface area contributed by atoms with E-state index < -0.39 is 12.0 Å². The van der Waals surface area contributed by atoms with Gasteiger partial charge in [0.2, 0.25) is 5.69 Å². The van der Waals surface area contributed by atoms with Crippen LogP contribution in [0, 0.1) is 17.9 Å². The van der Waals surface area contributed by atoms with Crippen molar-refractivity contribution in [2.75, 3.05) is 6.54 Å². The van der Waals surface area contributed by atoms with E-state index in [0.29, 0.717) is 70.2 Å². The van der Waals surface area contributed by atoms with Crippen molar-refractivity contribution in [2.45, 2.75) is 71.6 Å². The number of carboxylic acids is 1. The number of benzene rings is 4. The van der Waals surface area contributed by atoms with Crippen LogP contribution in [0.4, 0.5) is 5.69 Å². The minimum Gasteiger partial charge on any atom is -0.488 e. The van der Waals surface area contributed by atoms with Gasteiger partial charge in [-0.25, -0.2) is 4.85 Å². The molecular formula is C49H43Cl2N5O6. The van der Waals surface area contributed by atoms with Gasteiger partial charge >= 0.3 is 5.97 Å². The van der Waals surface area contributed by atoms with Crippen LogP contribution in [-0.4, -0.2) is 38.5 Å². The van der Waals surface area contributed by atoms with Gasteiger partial charge in [0, 0.05) is 54.6 Å². The van der Waals surface area contributed by atoms with Crippen molar-refractivity contribution in [3.05, 3.63) is 170 Å². The van der Waals surface area contributed by atoms with Gasteiger partial charge in [-0.3, -0.25) is 19.7 Å². The van der Waals surface area contributed by atoms with E-state index >= 15 is 0 Å². The Bertz CT molecular complexity index is 2640. The molecule has 7 rings (SSSR count). The Morgan fingerprint density at radius 3 is 1.92 bits per heavy atom. The lowest BCUT2D eigenvalue weighted by Crippen LogP contribution is -2.44. The lowest BCUT2D eigenvalue weighted by Gasteiger charge is -2.33. The van der Waals surface area contributed by atoms with Crippen molar-refractivity contribution in [1.82, 2.24) is 14.9 Å². The zero-order valence-electron chi connectivity index (χ0n) is 34.0. The molecule has 6 aromatic rings. The van der Waals surface area contributed by atoms with Crippen LogP contribution in [0.3, 0.4) is 0 Å². The molecule has 0 amide bonds. The number of piperidine rings is 1. The van der Waals surface area contributed by atoms with Gasteiger partial charge < -0.3 is 24.1 Å². The number of aliphatic carboxylic acids is 1. The van der Waals surface area contributed by atoms with Gasteiger partial charge in [0.1, 0.15) is 61.5 Å². The standard InChI is InChI=1S/C49H43Cl2N5O6/c1-3-37-18-42(50)47(20-45(37)59-30-35-14-34(22-52)23-54-24-35)61-28-32-8-6-10-38(15-32)39-11-7-9-33(16-39)29-62-48-21-46(60-31-36-17-41(53-2)26-55-25-36)40(19-43(48)51)27-56-13-5-4-12-44(56)49(57)58/h6-11,14-21,23-26,44H,3-5,12-13,27-31H2,1H3,(H,57,58)/t44-/m0/s1. The zero-order chi connectivity index (χ0) is 43.4. The van der Waals surface area contributed by atoms with E-state index in [1.165, 1.54) is 12.4 Å². The molecule has 0 unspecified atom stereocenters. The average Bonchev–Trinajstić information content (AvgIpc) is 3.30. The Morgan fingerprint density at radius 2 is 1.32 bits per heavy atom. The molecule has 0 radical (unpaired) electrons. The van der Waals surface area contributed by atoms with Gasteiger partial charge in [-0.1, -0.05) is 72.9 Å². The van der Waals surface area contributed by atoms with Crippen molar-refractivity contribution in [2.24, 2.45) is 0 Å². The lowest BCUT2D eigenvalue weighted by atomic mass is 10.0. The van der Waals surface area contributed by atoms with Crippen molar-refractivity contribution >= 4 is 34.9 Å². The third kappa shape index (κ3) is 11.2. The molecule has 4 aromatic carbocycles. The second kappa shape index (κ2) is 20.8. The number of likely N-dealkylation sites (tertiary alicyclic amines) is 1. The molecule has 1 N–H and O–H groups in total. The normalized spacial score (nSPS) is 13.7. The maximum atomic E-state index is 12.1. The third-order valence-electron chi connectivity index (χ3n) is 10.5. The van der Waals surface area contributed by atoms with Crippen molar-refractivity contribution in [1.29, 1.82) is 5.26 Å². The van der Waals surface area contributed by atoms with Crippen LogP contribution in [0.25, 0.3) is 16.0 Å². The highest BCUT2D eigenvalue weighted by molar-refractivity contribution is 6.32. The second-order valence-corrected chi connectivity index (χ2v) is 15.7. The highest BCUT2D eigenvalue weighted by atomic mass is 35.5. The number of carboxylic acid groups (broad SMARTS) is 1. The highest BCUT2D eigenvalue weighted by Gasteiger charge is 2.29. The van der Waals surface area contributed by atoms with Crippen LogP contribution in [-0.2, 0) is 44.2 Å². The quantitative estimate of drug-likeness (QED) is 0.0884. The molecule has 0 bridgehead atoms. The smallest absolute Gasteiger partial charge is 0.320 e. The van der Waals surface area contributed by atoms with E-state index in [4.69, 9.17) is 48.7 Å². The van der Waals surface area contributed by atoms with E-state index in [1.54, 1.807) is 36.7 Å². The lowest BCUT2D eigenvalue weighted by molar-refractivity contribution is -0.144. The van der Waals surface area contributed by atoms with E-state index in [9.17, 15) is 15.2 Å². The van der Waals surface area contributed by atoms with Crippen LogP contribution in [0.15, 0.2) is 110 Å². The molecular weight excluding hydrogens is 825 g/mol. The molecule has 13 heteroatoms. The topological polar surface area (TPSA) is 131 Å². The molecule has 1 atom stereocenters. The van der Waals surface area contributed by atoms with E-state index in [0.717, 1.165) is 57.3 Å². The summed E-state index contributed by atoms with van der Waals surface area (Å²) in [6, 6.07) is 28.3. The number of pyridine rings is 2. The summed E-state index contributed by atoms with van der Waals surface area (Å²) in [5.41, 5.74) is 7.88. The monoisotopic (exact) mass is 867 g/mol. The predicted octanol–water partition coefficient (Wildman–Crippen LogP) is 11.2. The summed E-state index contributed by atoms with van der Waals surface area (Å²) >= 11 is 13.5. The molecule has 0 aliphatic carbocycles. The molecule has 0 saturated carbocycles. The van der Waals surface area contributed by atoms with Crippen LogP contribution in [0.1, 0.15) is 65.1 Å². The summed E-state index contributed by atoms with van der Waals surface area (Å²) in [5.74, 6) is 1.22. The molecule has 11 nitrogen and oxygen atoms in total. The first-order valence-electron chi connectivity index (χ1n) is 20.2. The van der Waals surface area contributed by atoms with E-state index in [-0.39, 0.29) is 26.4 Å². The summed E-state index contributed by atoms with van der Waals surface area (Å²) < 4.78 is 25.0. The number of carbonyl (C=O) groups is 1. The number of halogens is 2. The van der Waals surface area contributed by atoms with Gasteiger partial charge in [-0.05, 0) is 95.6 Å². The van der Waals surface area contributed by atoms with Crippen molar-refractivity contribution in [3.63, 3.8) is 0 Å². The molecule has 1 aliphatic heterocycles. The van der Waals surface area contributed by atoms with Crippen LogP contribution in [0.5, 0.6) is 23.0 Å². The Labute approximate surface area is 370 Å². The van der Waals surface area contributed by atoms with Gasteiger partial charge in [0.25, 0.3) is 0 Å². The van der Waals surface area contributed by atoms with Crippen LogP contribution >= 0.6 is 23.2 Å². The van der Waals surface area contributed by atoms with Gasteiger partial charge in [0.05, 0.1) is 22.2 Å². The molecule has 0 spiro atoms. The minimum absolute atomic E-state index is 0.144. The number of aryl methyl sites for hydroxylation is 1. The van der Waals surface area contributed by atoms with E-state index in [2.05, 4.69) is 33.0 Å². The fourth-order valence-electron chi connectivity index (χ4n) is 7.29. The maximum absolute atomic E-state index is 12.1. The number of aromatic nitrogens is 2. The summed E-state index contributed by atoms with van der Waals surface area (Å²) in [4.78, 5) is 25.8. The molecule has 2 aromatic heterocycles. The predicted molar refractivity (Wildman–Crippen MR) is 237 cm³/mol. The number of nitrogens with zero attached hydrogens (tertiary/aromatic N) is 5. The van der Waals surface area contributed by atoms with Gasteiger partial charge in [-0.15, -0.1) is 0 Å². The number of hydrogen-bond donors (Lipinski definition) is 1. The van der Waals surface area contributed by atoms with E-state index in [1.807, 2.05) is 60.4 Å². The first-order chi connectivity index (χ1) is 30.2. The van der Waals surface area contributed by atoms with Gasteiger partial charge in [0.15, 0.2) is 0 Å². The number of ether oxygens (including phenoxy) is 4. The second-order valence-electron chi connectivity index (χ2n) is 14.9. The van der Waals surface area contributed by atoms with Crippen LogP contribution in [0.2, 0.25) is 10.0 Å². The Hall–Kier alpha value is -6.63. The number of nitriles is 1. The SMILES string of the molecule is [C-]#[N+]c1cncc(COc2cc(OCc3cccc(-c4cccc(COc5cc(OCc6cncc(C#N)c6)c(CC)cc5Cl)c4)c3)c(Cl)cc2CN2CCCC[C@H]2C(=O)O)c1. The van der Waals surface area contributed by atoms with Gasteiger partial charge in [-0.2, -0.15) is 5.26 Å². The fourth-order valence-corrected chi connectivity index (χ4v) is 7.77. The zero-order valence-corrected chi connectivity index (χ0v) is 35.5. The molecule has 62 heavy (non-hydrogen) atoms. The van der Waals surface area contributed by atoms with Crippen LogP contribution < -0.4 is 18.9 Å². The number of hydrogen-bond acceptors (Lipinski definition) is 9. The summed E-state index contributed by atoms with van der Waals surface area (Å²) in [6.45, 7) is 11.2. The highest BCUT2D eigenvalue weighted by Crippen LogP contribution is 2.37. The Kier molecular flexibility index (Phi) is 14.6. The maximum Gasteiger partial charge on any atom is 0.320 e. The Morgan fingerprint density at radius 1 is 0.758 bits per heavy atom. The molecule has 1 aliphatic rings. The fraction of sp³-hybridized carbons (Fsp3) is 0.245. The average molecular weight is 869 g/mol.